The van der Waals surface area contributed by atoms with E-state index in [4.69, 9.17) is 21.4 Å². The maximum absolute atomic E-state index is 10.8. The van der Waals surface area contributed by atoms with Crippen LogP contribution in [0, 0.1) is 0 Å². The summed E-state index contributed by atoms with van der Waals surface area (Å²) in [5.41, 5.74) is 0. The summed E-state index contributed by atoms with van der Waals surface area (Å²) in [6, 6.07) is 3.46. The standard InChI is InChI=1S/C10H12ClNO3S/c1-2-15-8(10(13)14)6-16-9-4-3-7(11)5-12-9/h3-5,8H,2,6H2,1H3,(H,13,14). The van der Waals surface area contributed by atoms with Crippen molar-refractivity contribution >= 4 is 29.3 Å². The lowest BCUT2D eigenvalue weighted by Crippen LogP contribution is -2.26. The normalized spacial score (nSPS) is 12.4. The molecule has 16 heavy (non-hydrogen) atoms. The number of ether oxygens (including phenoxy) is 1. The molecule has 1 heterocycles. The highest BCUT2D eigenvalue weighted by molar-refractivity contribution is 7.99. The molecular formula is C10H12ClNO3S. The summed E-state index contributed by atoms with van der Waals surface area (Å²) < 4.78 is 5.07. The molecular weight excluding hydrogens is 250 g/mol. The smallest absolute Gasteiger partial charge is 0.333 e. The molecule has 0 aliphatic carbocycles. The fraction of sp³-hybridized carbons (Fsp3) is 0.400. The highest BCUT2D eigenvalue weighted by Crippen LogP contribution is 2.18. The van der Waals surface area contributed by atoms with Gasteiger partial charge in [-0.25, -0.2) is 9.78 Å². The molecule has 1 rings (SSSR count). The number of halogens is 1. The Hall–Kier alpha value is -0.780. The van der Waals surface area contributed by atoms with Gasteiger partial charge in [-0.15, -0.1) is 11.8 Å². The molecule has 1 aromatic rings. The van der Waals surface area contributed by atoms with E-state index in [9.17, 15) is 4.79 Å². The van der Waals surface area contributed by atoms with Gasteiger partial charge in [0.15, 0.2) is 6.10 Å². The van der Waals surface area contributed by atoms with E-state index in [2.05, 4.69) is 4.98 Å². The largest absolute Gasteiger partial charge is 0.479 e. The van der Waals surface area contributed by atoms with Crippen molar-refractivity contribution in [3.8, 4) is 0 Å². The molecule has 6 heteroatoms. The molecule has 88 valence electrons. The van der Waals surface area contributed by atoms with Crippen molar-refractivity contribution in [2.45, 2.75) is 18.1 Å². The van der Waals surface area contributed by atoms with Crippen LogP contribution < -0.4 is 0 Å². The van der Waals surface area contributed by atoms with Gasteiger partial charge in [0.1, 0.15) is 0 Å². The summed E-state index contributed by atoms with van der Waals surface area (Å²) in [5.74, 6) is -0.624. The molecule has 0 fully saturated rings. The number of hydrogen-bond acceptors (Lipinski definition) is 4. The van der Waals surface area contributed by atoms with Crippen LogP contribution in [0.4, 0.5) is 0 Å². The Balaban J connectivity index is 2.48. The number of pyridine rings is 1. The first-order valence-corrected chi connectivity index (χ1v) is 6.08. The molecule has 1 N–H and O–H groups in total. The monoisotopic (exact) mass is 261 g/mol. The first-order chi connectivity index (χ1) is 7.63. The zero-order chi connectivity index (χ0) is 12.0. The van der Waals surface area contributed by atoms with Gasteiger partial charge in [0.05, 0.1) is 10.0 Å². The molecule has 1 atom stereocenters. The van der Waals surface area contributed by atoms with Gasteiger partial charge in [0, 0.05) is 18.6 Å². The number of rotatable bonds is 6. The number of carbonyl (C=O) groups is 1. The molecule has 0 saturated carbocycles. The highest BCUT2D eigenvalue weighted by Gasteiger charge is 2.17. The van der Waals surface area contributed by atoms with Gasteiger partial charge in [0.2, 0.25) is 0 Å². The number of aromatic nitrogens is 1. The third-order valence-corrected chi connectivity index (χ3v) is 2.96. The summed E-state index contributed by atoms with van der Waals surface area (Å²) in [5, 5.41) is 10.1. The van der Waals surface area contributed by atoms with Crippen molar-refractivity contribution in [3.05, 3.63) is 23.4 Å². The molecule has 0 bridgehead atoms. The summed E-state index contributed by atoms with van der Waals surface area (Å²) in [6.07, 6.45) is 0.729. The van der Waals surface area contributed by atoms with Crippen LogP contribution in [0.5, 0.6) is 0 Å². The summed E-state index contributed by atoms with van der Waals surface area (Å²) >= 11 is 7.01. The number of thioether (sulfide) groups is 1. The Morgan fingerprint density at radius 3 is 2.94 bits per heavy atom. The van der Waals surface area contributed by atoms with Crippen molar-refractivity contribution in [3.63, 3.8) is 0 Å². The van der Waals surface area contributed by atoms with E-state index in [-0.39, 0.29) is 0 Å². The minimum absolute atomic E-state index is 0.331. The molecule has 0 aliphatic heterocycles. The maximum atomic E-state index is 10.8. The van der Waals surface area contributed by atoms with Crippen molar-refractivity contribution in [1.82, 2.24) is 4.98 Å². The van der Waals surface area contributed by atoms with Gasteiger partial charge in [-0.1, -0.05) is 11.6 Å². The second-order valence-corrected chi connectivity index (χ2v) is 4.38. The van der Waals surface area contributed by atoms with E-state index in [0.717, 1.165) is 5.03 Å². The first kappa shape index (κ1) is 13.3. The molecule has 1 aromatic heterocycles. The van der Waals surface area contributed by atoms with Crippen LogP contribution in [0.3, 0.4) is 0 Å². The summed E-state index contributed by atoms with van der Waals surface area (Å²) in [7, 11) is 0. The van der Waals surface area contributed by atoms with Crippen LogP contribution >= 0.6 is 23.4 Å². The van der Waals surface area contributed by atoms with Gasteiger partial charge in [-0.2, -0.15) is 0 Å². The molecule has 4 nitrogen and oxygen atoms in total. The van der Waals surface area contributed by atoms with Crippen LogP contribution in [0.25, 0.3) is 0 Å². The Labute approximate surface area is 103 Å². The quantitative estimate of drug-likeness (QED) is 0.797. The van der Waals surface area contributed by atoms with Gasteiger partial charge in [0.25, 0.3) is 0 Å². The van der Waals surface area contributed by atoms with Gasteiger partial charge >= 0.3 is 5.97 Å². The van der Waals surface area contributed by atoms with E-state index in [1.807, 2.05) is 0 Å². The third-order valence-electron chi connectivity index (χ3n) is 1.73. The van der Waals surface area contributed by atoms with Crippen LogP contribution in [0.1, 0.15) is 6.92 Å². The highest BCUT2D eigenvalue weighted by atomic mass is 35.5. The predicted octanol–water partition coefficient (Wildman–Crippen LogP) is 2.32. The zero-order valence-corrected chi connectivity index (χ0v) is 10.3. The van der Waals surface area contributed by atoms with E-state index < -0.39 is 12.1 Å². The number of carboxylic acid groups (broad SMARTS) is 1. The predicted molar refractivity (Wildman–Crippen MR) is 63.0 cm³/mol. The summed E-state index contributed by atoms with van der Waals surface area (Å²) in [6.45, 7) is 2.15. The molecule has 0 saturated heterocycles. The molecule has 0 aliphatic rings. The SMILES string of the molecule is CCOC(CSc1ccc(Cl)cn1)C(=O)O. The number of aliphatic carboxylic acids is 1. The van der Waals surface area contributed by atoms with Crippen LogP contribution in [0.15, 0.2) is 23.4 Å². The lowest BCUT2D eigenvalue weighted by Gasteiger charge is -2.11. The van der Waals surface area contributed by atoms with Crippen molar-refractivity contribution in [1.29, 1.82) is 0 Å². The lowest BCUT2D eigenvalue weighted by molar-refractivity contribution is -0.148. The fourth-order valence-electron chi connectivity index (χ4n) is 1.00. The lowest BCUT2D eigenvalue weighted by atomic mass is 10.4. The third kappa shape index (κ3) is 4.38. The number of carboxylic acids is 1. The van der Waals surface area contributed by atoms with E-state index in [1.165, 1.54) is 18.0 Å². The molecule has 0 aromatic carbocycles. The Kier molecular flexibility index (Phi) is 5.59. The van der Waals surface area contributed by atoms with Crippen molar-refractivity contribution in [2.24, 2.45) is 0 Å². The van der Waals surface area contributed by atoms with Gasteiger partial charge in [-0.3, -0.25) is 0 Å². The first-order valence-electron chi connectivity index (χ1n) is 4.72. The van der Waals surface area contributed by atoms with Crippen LogP contribution in [0.2, 0.25) is 5.02 Å². The average Bonchev–Trinajstić information content (AvgIpc) is 2.26. The molecule has 0 radical (unpaired) electrons. The zero-order valence-electron chi connectivity index (χ0n) is 8.72. The van der Waals surface area contributed by atoms with E-state index in [1.54, 1.807) is 19.1 Å². The number of hydrogen-bond donors (Lipinski definition) is 1. The fourth-order valence-corrected chi connectivity index (χ4v) is 1.96. The minimum Gasteiger partial charge on any atom is -0.479 e. The minimum atomic E-state index is -0.955. The second kappa shape index (κ2) is 6.73. The molecule has 1 unspecified atom stereocenters. The Morgan fingerprint density at radius 2 is 2.44 bits per heavy atom. The van der Waals surface area contributed by atoms with E-state index >= 15 is 0 Å². The molecule has 0 amide bonds. The second-order valence-electron chi connectivity index (χ2n) is 2.91. The van der Waals surface area contributed by atoms with Crippen molar-refractivity contribution in [2.75, 3.05) is 12.4 Å². The maximum Gasteiger partial charge on any atom is 0.333 e. The topological polar surface area (TPSA) is 59.4 Å². The van der Waals surface area contributed by atoms with Crippen LogP contribution in [-0.2, 0) is 9.53 Å². The molecule has 0 spiro atoms. The van der Waals surface area contributed by atoms with Gasteiger partial charge < -0.3 is 9.84 Å². The average molecular weight is 262 g/mol. The van der Waals surface area contributed by atoms with Crippen LogP contribution in [-0.4, -0.2) is 34.5 Å². The van der Waals surface area contributed by atoms with E-state index in [0.29, 0.717) is 17.4 Å². The summed E-state index contributed by atoms with van der Waals surface area (Å²) in [4.78, 5) is 14.8. The van der Waals surface area contributed by atoms with Crippen molar-refractivity contribution < 1.29 is 14.6 Å². The Bertz CT molecular complexity index is 344. The number of nitrogens with zero attached hydrogens (tertiary/aromatic N) is 1. The van der Waals surface area contributed by atoms with Gasteiger partial charge in [-0.05, 0) is 19.1 Å². The Morgan fingerprint density at radius 1 is 1.69 bits per heavy atom.